The Labute approximate surface area is 228 Å². The van der Waals surface area contributed by atoms with Gasteiger partial charge in [0.05, 0.1) is 6.61 Å². The van der Waals surface area contributed by atoms with Crippen molar-refractivity contribution in [2.24, 2.45) is 5.92 Å². The van der Waals surface area contributed by atoms with E-state index in [-0.39, 0.29) is 0 Å². The number of thiocarbonyl (C=S) groups is 1. The molecule has 2 heteroatoms. The number of hydrogen-bond acceptors (Lipinski definition) is 2. The van der Waals surface area contributed by atoms with Gasteiger partial charge in [-0.1, -0.05) is 181 Å². The van der Waals surface area contributed by atoms with Crippen LogP contribution < -0.4 is 0 Å². The molecule has 0 radical (unpaired) electrons. The molecule has 210 valence electrons. The maximum atomic E-state index is 5.89. The Morgan fingerprint density at radius 2 is 0.743 bits per heavy atom. The van der Waals surface area contributed by atoms with Crippen LogP contribution in [0.5, 0.6) is 0 Å². The fourth-order valence-electron chi connectivity index (χ4n) is 5.02. The second-order valence-corrected chi connectivity index (χ2v) is 11.7. The minimum Gasteiger partial charge on any atom is -0.487 e. The predicted octanol–water partition coefficient (Wildman–Crippen LogP) is 12.5. The monoisotopic (exact) mass is 510 g/mol. The lowest BCUT2D eigenvalue weighted by atomic mass is 10.0. The Hall–Kier alpha value is -0.110. The van der Waals surface area contributed by atoms with Crippen LogP contribution in [0.15, 0.2) is 0 Å². The van der Waals surface area contributed by atoms with E-state index in [9.17, 15) is 0 Å². The van der Waals surface area contributed by atoms with Crippen molar-refractivity contribution in [1.29, 1.82) is 0 Å². The summed E-state index contributed by atoms with van der Waals surface area (Å²) in [6.45, 7) is 7.67. The van der Waals surface area contributed by atoms with Crippen molar-refractivity contribution in [3.05, 3.63) is 0 Å². The van der Waals surface area contributed by atoms with Crippen molar-refractivity contribution in [2.45, 2.75) is 194 Å². The van der Waals surface area contributed by atoms with Gasteiger partial charge in [0.1, 0.15) is 0 Å². The highest BCUT2D eigenvalue weighted by molar-refractivity contribution is 7.80. The molecule has 0 saturated carbocycles. The molecule has 1 nitrogen and oxygen atoms in total. The highest BCUT2D eigenvalue weighted by atomic mass is 32.1. The van der Waals surface area contributed by atoms with Crippen LogP contribution in [0.3, 0.4) is 0 Å². The van der Waals surface area contributed by atoms with Crippen molar-refractivity contribution in [3.8, 4) is 0 Å². The van der Waals surface area contributed by atoms with Crippen molar-refractivity contribution < 1.29 is 4.74 Å². The van der Waals surface area contributed by atoms with E-state index in [0.29, 0.717) is 5.92 Å². The molecule has 0 aliphatic carbocycles. The molecular weight excluding hydrogens is 444 g/mol. The van der Waals surface area contributed by atoms with E-state index in [0.717, 1.165) is 11.7 Å². The third-order valence-corrected chi connectivity index (χ3v) is 8.16. The first-order valence-corrected chi connectivity index (χ1v) is 16.8. The maximum absolute atomic E-state index is 5.89. The van der Waals surface area contributed by atoms with Gasteiger partial charge in [0.2, 0.25) is 0 Å². The second kappa shape index (κ2) is 30.1. The van der Waals surface area contributed by atoms with Gasteiger partial charge in [-0.3, -0.25) is 0 Å². The third kappa shape index (κ3) is 28.3. The van der Waals surface area contributed by atoms with E-state index in [2.05, 4.69) is 20.8 Å². The molecule has 0 bridgehead atoms. The lowest BCUT2D eigenvalue weighted by Crippen LogP contribution is -2.13. The fraction of sp³-hybridized carbons (Fsp3) is 0.970. The molecule has 0 spiro atoms. The lowest BCUT2D eigenvalue weighted by Gasteiger charge is -2.14. The molecule has 0 aromatic rings. The Balaban J connectivity index is 3.27. The van der Waals surface area contributed by atoms with Crippen LogP contribution in [0.2, 0.25) is 0 Å². The molecule has 0 saturated heterocycles. The zero-order valence-corrected chi connectivity index (χ0v) is 25.5. The van der Waals surface area contributed by atoms with E-state index in [1.807, 2.05) is 0 Å². The van der Waals surface area contributed by atoms with Gasteiger partial charge in [0.25, 0.3) is 0 Å². The molecule has 0 aromatic carbocycles. The molecule has 1 atom stereocenters. The summed E-state index contributed by atoms with van der Waals surface area (Å²) in [7, 11) is 0. The average Bonchev–Trinajstić information content (AvgIpc) is 2.86. The first kappa shape index (κ1) is 34.9. The van der Waals surface area contributed by atoms with Crippen LogP contribution in [-0.2, 0) is 4.74 Å². The topological polar surface area (TPSA) is 9.23 Å². The quantitative estimate of drug-likeness (QED) is 0.0730. The second-order valence-electron chi connectivity index (χ2n) is 11.3. The van der Waals surface area contributed by atoms with Crippen molar-refractivity contribution in [1.82, 2.24) is 0 Å². The molecule has 0 amide bonds. The Bertz CT molecular complexity index is 408. The molecule has 35 heavy (non-hydrogen) atoms. The van der Waals surface area contributed by atoms with Gasteiger partial charge in [-0.2, -0.15) is 0 Å². The summed E-state index contributed by atoms with van der Waals surface area (Å²) in [6, 6.07) is 0. The summed E-state index contributed by atoms with van der Waals surface area (Å²) in [5, 5.41) is 0.863. The molecule has 0 rings (SSSR count). The highest BCUT2D eigenvalue weighted by Crippen LogP contribution is 2.17. The first-order valence-electron chi connectivity index (χ1n) is 16.4. The summed E-state index contributed by atoms with van der Waals surface area (Å²) in [6.07, 6.45) is 37.8. The molecule has 0 aromatic heterocycles. The van der Waals surface area contributed by atoms with E-state index >= 15 is 0 Å². The van der Waals surface area contributed by atoms with Gasteiger partial charge < -0.3 is 4.74 Å². The summed E-state index contributed by atoms with van der Waals surface area (Å²) in [4.78, 5) is 0. The summed E-state index contributed by atoms with van der Waals surface area (Å²) in [5.41, 5.74) is 0. The average molecular weight is 511 g/mol. The molecule has 0 aliphatic rings. The minimum atomic E-state index is 0.444. The van der Waals surface area contributed by atoms with Gasteiger partial charge in [-0.05, 0) is 25.1 Å². The molecule has 0 heterocycles. The van der Waals surface area contributed by atoms with Gasteiger partial charge in [0, 0.05) is 5.92 Å². The fourth-order valence-corrected chi connectivity index (χ4v) is 5.22. The summed E-state index contributed by atoms with van der Waals surface area (Å²) in [5.74, 6) is 0.444. The van der Waals surface area contributed by atoms with Crippen LogP contribution >= 0.6 is 12.2 Å². The van der Waals surface area contributed by atoms with Crippen LogP contribution in [0.4, 0.5) is 0 Å². The number of ether oxygens (including phenoxy) is 1. The van der Waals surface area contributed by atoms with Gasteiger partial charge in [0.15, 0.2) is 5.05 Å². The Morgan fingerprint density at radius 1 is 0.457 bits per heavy atom. The molecule has 0 N–H and O–H groups in total. The smallest absolute Gasteiger partial charge is 0.162 e. The molecule has 0 aliphatic heterocycles. The summed E-state index contributed by atoms with van der Waals surface area (Å²) >= 11 is 5.53. The van der Waals surface area contributed by atoms with Crippen LogP contribution in [0.25, 0.3) is 0 Å². The van der Waals surface area contributed by atoms with Crippen LogP contribution in [0, 0.1) is 5.92 Å². The van der Waals surface area contributed by atoms with Gasteiger partial charge in [-0.15, -0.1) is 0 Å². The molecular formula is C33H66OS. The largest absolute Gasteiger partial charge is 0.487 e. The van der Waals surface area contributed by atoms with Gasteiger partial charge >= 0.3 is 0 Å². The number of rotatable bonds is 29. The maximum Gasteiger partial charge on any atom is 0.162 e. The highest BCUT2D eigenvalue weighted by Gasteiger charge is 2.09. The predicted molar refractivity (Wildman–Crippen MR) is 164 cm³/mol. The van der Waals surface area contributed by atoms with Crippen LogP contribution in [0.1, 0.15) is 194 Å². The Morgan fingerprint density at radius 3 is 1.09 bits per heavy atom. The van der Waals surface area contributed by atoms with Gasteiger partial charge in [-0.25, -0.2) is 0 Å². The zero-order chi connectivity index (χ0) is 25.7. The molecule has 0 fully saturated rings. The van der Waals surface area contributed by atoms with Crippen molar-refractivity contribution >= 4 is 17.3 Å². The van der Waals surface area contributed by atoms with Crippen molar-refractivity contribution in [3.63, 3.8) is 0 Å². The number of hydrogen-bond donors (Lipinski definition) is 0. The van der Waals surface area contributed by atoms with E-state index in [4.69, 9.17) is 17.0 Å². The summed E-state index contributed by atoms with van der Waals surface area (Å²) < 4.78 is 5.89. The normalized spacial score (nSPS) is 12.2. The van der Waals surface area contributed by atoms with E-state index < -0.39 is 0 Å². The van der Waals surface area contributed by atoms with E-state index in [1.165, 1.54) is 173 Å². The number of unbranched alkanes of at least 4 members (excludes halogenated alkanes) is 24. The van der Waals surface area contributed by atoms with E-state index in [1.54, 1.807) is 0 Å². The zero-order valence-electron chi connectivity index (χ0n) is 24.7. The Kier molecular flexibility index (Phi) is 30.0. The first-order chi connectivity index (χ1) is 17.2. The SMILES string of the molecule is CCCCCCCCCCCCCCCCCCC(C)C(=S)OCCCCCCCCCCCC. The van der Waals surface area contributed by atoms with Crippen molar-refractivity contribution in [2.75, 3.05) is 6.61 Å². The standard InChI is InChI=1S/C33H66OS/c1-4-6-8-10-12-14-16-17-18-19-20-21-22-24-26-28-30-32(3)33(35)34-31-29-27-25-23-15-13-11-9-7-5-2/h32H,4-31H2,1-3H3. The lowest BCUT2D eigenvalue weighted by molar-refractivity contribution is 0.278. The van der Waals surface area contributed by atoms with Crippen LogP contribution in [-0.4, -0.2) is 11.7 Å². The minimum absolute atomic E-state index is 0.444. The third-order valence-electron chi connectivity index (χ3n) is 7.64. The molecule has 1 unspecified atom stereocenters.